The fourth-order valence-corrected chi connectivity index (χ4v) is 3.76. The van der Waals surface area contributed by atoms with Gasteiger partial charge in [-0.15, -0.1) is 0 Å². The number of para-hydroxylation sites is 2. The normalized spacial score (nSPS) is 12.7. The largest absolute Gasteiger partial charge is 0.506 e. The zero-order valence-electron chi connectivity index (χ0n) is 18.1. The summed E-state index contributed by atoms with van der Waals surface area (Å²) in [7, 11) is 1.56. The average Bonchev–Trinajstić information content (AvgIpc) is 3.08. The summed E-state index contributed by atoms with van der Waals surface area (Å²) < 4.78 is 5.00. The number of rotatable bonds is 8. The number of phenols is 1. The number of methoxy groups -OCH3 is 1. The van der Waals surface area contributed by atoms with Crippen LogP contribution >= 0.6 is 0 Å². The number of amides is 3. The molecule has 0 saturated carbocycles. The third kappa shape index (κ3) is 4.47. The van der Waals surface area contributed by atoms with Crippen molar-refractivity contribution in [3.8, 4) is 5.75 Å². The molecular weight excluding hydrogens is 422 g/mol. The van der Waals surface area contributed by atoms with Gasteiger partial charge in [0.2, 0.25) is 0 Å². The molecule has 168 valence electrons. The average molecular weight is 445 g/mol. The molecule has 3 amide bonds. The van der Waals surface area contributed by atoms with Crippen molar-refractivity contribution in [1.82, 2.24) is 9.88 Å². The van der Waals surface area contributed by atoms with Crippen molar-refractivity contribution in [2.45, 2.75) is 13.0 Å². The topological polar surface area (TPSA) is 100 Å². The summed E-state index contributed by atoms with van der Waals surface area (Å²) in [5, 5.41) is 10.4. The van der Waals surface area contributed by atoms with Crippen molar-refractivity contribution in [2.24, 2.45) is 0 Å². The van der Waals surface area contributed by atoms with Crippen molar-refractivity contribution in [2.75, 3.05) is 25.2 Å². The van der Waals surface area contributed by atoms with E-state index in [9.17, 15) is 19.5 Å². The minimum absolute atomic E-state index is 0.0569. The Morgan fingerprint density at radius 1 is 1.03 bits per heavy atom. The first kappa shape index (κ1) is 22.2. The zero-order valence-corrected chi connectivity index (χ0v) is 18.1. The van der Waals surface area contributed by atoms with Crippen LogP contribution in [0.15, 0.2) is 66.9 Å². The van der Waals surface area contributed by atoms with Gasteiger partial charge in [0.25, 0.3) is 17.7 Å². The van der Waals surface area contributed by atoms with Crippen LogP contribution in [0.1, 0.15) is 43.2 Å². The number of carbonyl (C=O) groups excluding carboxylic acids is 3. The van der Waals surface area contributed by atoms with E-state index in [1.165, 1.54) is 34.1 Å². The number of pyridine rings is 1. The molecule has 3 aromatic rings. The number of anilines is 1. The zero-order chi connectivity index (χ0) is 23.4. The van der Waals surface area contributed by atoms with Crippen LogP contribution in [0.2, 0.25) is 0 Å². The molecule has 2 heterocycles. The lowest BCUT2D eigenvalue weighted by atomic mass is 10.0. The van der Waals surface area contributed by atoms with Crippen LogP contribution in [-0.2, 0) is 11.3 Å². The van der Waals surface area contributed by atoms with E-state index in [0.717, 1.165) is 0 Å². The van der Waals surface area contributed by atoms with E-state index in [1.807, 2.05) is 6.07 Å². The molecule has 0 atom stereocenters. The van der Waals surface area contributed by atoms with Crippen LogP contribution in [0.3, 0.4) is 0 Å². The Morgan fingerprint density at radius 2 is 1.79 bits per heavy atom. The molecule has 0 aliphatic carbocycles. The number of fused-ring (bicyclic) bond motifs is 1. The fraction of sp³-hybridized carbons (Fsp3) is 0.200. The van der Waals surface area contributed by atoms with Gasteiger partial charge in [-0.25, -0.2) is 0 Å². The lowest BCUT2D eigenvalue weighted by Crippen LogP contribution is -2.31. The molecule has 1 aliphatic heterocycles. The van der Waals surface area contributed by atoms with Gasteiger partial charge >= 0.3 is 0 Å². The highest BCUT2D eigenvalue weighted by molar-refractivity contribution is 6.22. The summed E-state index contributed by atoms with van der Waals surface area (Å²) in [6.07, 6.45) is 2.15. The van der Waals surface area contributed by atoms with Crippen molar-refractivity contribution < 1.29 is 24.2 Å². The SMILES string of the molecule is COCCCN1C(=O)c2ccc(C(=O)N(Cc3ccccn3)c3ccccc3O)cc2C1=O. The molecule has 0 bridgehead atoms. The van der Waals surface area contributed by atoms with E-state index in [1.54, 1.807) is 43.6 Å². The Balaban J connectivity index is 1.66. The molecule has 33 heavy (non-hydrogen) atoms. The second-order valence-electron chi connectivity index (χ2n) is 7.57. The van der Waals surface area contributed by atoms with Gasteiger partial charge in [-0.1, -0.05) is 18.2 Å². The number of aromatic nitrogens is 1. The standard InChI is InChI=1S/C25H23N3O5/c1-33-14-6-13-27-24(31)19-11-10-17(15-20(19)25(27)32)23(30)28(16-18-7-4-5-12-26-18)21-8-2-3-9-22(21)29/h2-5,7-12,15,29H,6,13-14,16H2,1H3. The van der Waals surface area contributed by atoms with E-state index >= 15 is 0 Å². The maximum Gasteiger partial charge on any atom is 0.261 e. The highest BCUT2D eigenvalue weighted by Gasteiger charge is 2.36. The van der Waals surface area contributed by atoms with Crippen LogP contribution in [0.25, 0.3) is 0 Å². The molecule has 0 unspecified atom stereocenters. The van der Waals surface area contributed by atoms with E-state index in [2.05, 4.69) is 4.98 Å². The van der Waals surface area contributed by atoms with Crippen LogP contribution in [-0.4, -0.2) is 53.0 Å². The van der Waals surface area contributed by atoms with Gasteiger partial charge in [0.15, 0.2) is 0 Å². The third-order valence-corrected chi connectivity index (χ3v) is 5.41. The third-order valence-electron chi connectivity index (χ3n) is 5.41. The van der Waals surface area contributed by atoms with E-state index in [4.69, 9.17) is 4.74 Å². The molecule has 8 heteroatoms. The van der Waals surface area contributed by atoms with Crippen molar-refractivity contribution in [1.29, 1.82) is 0 Å². The fourth-order valence-electron chi connectivity index (χ4n) is 3.76. The Labute approximate surface area is 191 Å². The summed E-state index contributed by atoms with van der Waals surface area (Å²) in [6.45, 7) is 0.789. The van der Waals surface area contributed by atoms with Crippen LogP contribution in [0.5, 0.6) is 5.75 Å². The molecule has 1 N–H and O–H groups in total. The number of aromatic hydroxyl groups is 1. The second-order valence-corrected chi connectivity index (χ2v) is 7.57. The van der Waals surface area contributed by atoms with E-state index in [0.29, 0.717) is 24.4 Å². The minimum atomic E-state index is -0.431. The summed E-state index contributed by atoms with van der Waals surface area (Å²) in [5.41, 5.74) is 1.64. The predicted octanol–water partition coefficient (Wildman–Crippen LogP) is 3.27. The van der Waals surface area contributed by atoms with Crippen LogP contribution < -0.4 is 4.90 Å². The second kappa shape index (κ2) is 9.62. The quantitative estimate of drug-likeness (QED) is 0.422. The molecule has 0 saturated heterocycles. The summed E-state index contributed by atoms with van der Waals surface area (Å²) >= 11 is 0. The number of carbonyl (C=O) groups is 3. The van der Waals surface area contributed by atoms with Gasteiger partial charge < -0.3 is 9.84 Å². The number of imide groups is 1. The molecule has 4 rings (SSSR count). The number of hydrogen-bond acceptors (Lipinski definition) is 6. The maximum absolute atomic E-state index is 13.5. The Bertz CT molecular complexity index is 1200. The lowest BCUT2D eigenvalue weighted by molar-refractivity contribution is 0.0638. The van der Waals surface area contributed by atoms with Crippen LogP contribution in [0, 0.1) is 0 Å². The Hall–Kier alpha value is -4.04. The molecule has 8 nitrogen and oxygen atoms in total. The minimum Gasteiger partial charge on any atom is -0.506 e. The van der Waals surface area contributed by atoms with Gasteiger partial charge in [-0.3, -0.25) is 29.2 Å². The lowest BCUT2D eigenvalue weighted by Gasteiger charge is -2.23. The molecular formula is C25H23N3O5. The highest BCUT2D eigenvalue weighted by atomic mass is 16.5. The first-order valence-electron chi connectivity index (χ1n) is 10.5. The summed E-state index contributed by atoms with van der Waals surface area (Å²) in [6, 6.07) is 16.4. The monoisotopic (exact) mass is 445 g/mol. The summed E-state index contributed by atoms with van der Waals surface area (Å²) in [5.74, 6) is -1.29. The van der Waals surface area contributed by atoms with Gasteiger partial charge in [0, 0.05) is 32.0 Å². The van der Waals surface area contributed by atoms with Crippen molar-refractivity contribution in [3.05, 3.63) is 89.2 Å². The van der Waals surface area contributed by atoms with Crippen molar-refractivity contribution in [3.63, 3.8) is 0 Å². The Morgan fingerprint density at radius 3 is 2.52 bits per heavy atom. The number of benzene rings is 2. The number of ether oxygens (including phenoxy) is 1. The van der Waals surface area contributed by atoms with E-state index in [-0.39, 0.29) is 41.4 Å². The number of phenolic OH excluding ortho intramolecular Hbond substituents is 1. The van der Waals surface area contributed by atoms with Gasteiger partial charge in [0.1, 0.15) is 5.75 Å². The first-order valence-corrected chi connectivity index (χ1v) is 10.5. The predicted molar refractivity (Wildman–Crippen MR) is 121 cm³/mol. The molecule has 0 radical (unpaired) electrons. The van der Waals surface area contributed by atoms with Gasteiger partial charge in [0.05, 0.1) is 29.1 Å². The van der Waals surface area contributed by atoms with Gasteiger partial charge in [-0.05, 0) is 48.9 Å². The molecule has 0 fully saturated rings. The van der Waals surface area contributed by atoms with Crippen LogP contribution in [0.4, 0.5) is 5.69 Å². The highest BCUT2D eigenvalue weighted by Crippen LogP contribution is 2.30. The number of hydrogen-bond donors (Lipinski definition) is 1. The number of nitrogens with zero attached hydrogens (tertiary/aromatic N) is 3. The molecule has 1 aliphatic rings. The summed E-state index contributed by atoms with van der Waals surface area (Å²) in [4.78, 5) is 45.9. The van der Waals surface area contributed by atoms with Crippen molar-refractivity contribution >= 4 is 23.4 Å². The van der Waals surface area contributed by atoms with E-state index < -0.39 is 11.8 Å². The smallest absolute Gasteiger partial charge is 0.261 e. The molecule has 1 aromatic heterocycles. The first-order chi connectivity index (χ1) is 16.0. The maximum atomic E-state index is 13.5. The molecule has 2 aromatic carbocycles. The Kier molecular flexibility index (Phi) is 6.46. The molecule has 0 spiro atoms. The van der Waals surface area contributed by atoms with Gasteiger partial charge in [-0.2, -0.15) is 0 Å².